The lowest BCUT2D eigenvalue weighted by Gasteiger charge is -2.16. The average molecular weight is 220 g/mol. The van der Waals surface area contributed by atoms with Crippen LogP contribution in [0, 0.1) is 0 Å². The van der Waals surface area contributed by atoms with Gasteiger partial charge in [0.25, 0.3) is 0 Å². The Bertz CT molecular complexity index is 279. The van der Waals surface area contributed by atoms with Gasteiger partial charge < -0.3 is 10.2 Å². The van der Waals surface area contributed by atoms with Gasteiger partial charge in [0.1, 0.15) is 0 Å². The van der Waals surface area contributed by atoms with Crippen LogP contribution in [0.2, 0.25) is 0 Å². The van der Waals surface area contributed by atoms with Crippen LogP contribution in [-0.4, -0.2) is 32.1 Å². The second-order valence-corrected chi connectivity index (χ2v) is 4.36. The molecule has 0 saturated heterocycles. The van der Waals surface area contributed by atoms with Crippen molar-refractivity contribution in [1.82, 2.24) is 10.2 Å². The van der Waals surface area contributed by atoms with Gasteiger partial charge in [-0.25, -0.2) is 0 Å². The summed E-state index contributed by atoms with van der Waals surface area (Å²) in [5, 5.41) is 3.18. The molecule has 0 aromatic heterocycles. The van der Waals surface area contributed by atoms with Crippen LogP contribution < -0.4 is 5.32 Å². The lowest BCUT2D eigenvalue weighted by atomic mass is 10.1. The molecule has 0 radical (unpaired) electrons. The number of nitrogens with one attached hydrogen (secondary N) is 1. The van der Waals surface area contributed by atoms with E-state index in [1.807, 2.05) is 7.05 Å². The highest BCUT2D eigenvalue weighted by Gasteiger charge is 1.99. The fourth-order valence-electron chi connectivity index (χ4n) is 1.80. The monoisotopic (exact) mass is 220 g/mol. The third kappa shape index (κ3) is 4.77. The average Bonchev–Trinajstić information content (AvgIpc) is 2.30. The van der Waals surface area contributed by atoms with E-state index in [1.54, 1.807) is 0 Å². The molecule has 1 rings (SSSR count). The van der Waals surface area contributed by atoms with Crippen molar-refractivity contribution < 1.29 is 0 Å². The molecule has 0 heterocycles. The number of benzene rings is 1. The minimum Gasteiger partial charge on any atom is -0.320 e. The summed E-state index contributed by atoms with van der Waals surface area (Å²) in [6, 6.07) is 8.95. The van der Waals surface area contributed by atoms with E-state index in [-0.39, 0.29) is 0 Å². The predicted molar refractivity (Wildman–Crippen MR) is 70.7 cm³/mol. The van der Waals surface area contributed by atoms with E-state index in [4.69, 9.17) is 0 Å². The van der Waals surface area contributed by atoms with Crippen LogP contribution in [0.4, 0.5) is 0 Å². The molecule has 2 heteroatoms. The summed E-state index contributed by atoms with van der Waals surface area (Å²) < 4.78 is 0. The Labute approximate surface area is 99.7 Å². The molecule has 0 aliphatic rings. The summed E-state index contributed by atoms with van der Waals surface area (Å²) in [4.78, 5) is 2.37. The standard InChI is InChI=1S/C14H24N2/c1-4-13-6-8-14(9-7-13)12-16(3)11-5-10-15-2/h6-9,15H,4-5,10-12H2,1-3H3. The van der Waals surface area contributed by atoms with Crippen LogP contribution >= 0.6 is 0 Å². The number of rotatable bonds is 7. The summed E-state index contributed by atoms with van der Waals surface area (Å²) in [6.45, 7) is 5.49. The normalized spacial score (nSPS) is 11.0. The van der Waals surface area contributed by atoms with Gasteiger partial charge in [0.2, 0.25) is 0 Å². The van der Waals surface area contributed by atoms with Gasteiger partial charge in [0, 0.05) is 6.54 Å². The summed E-state index contributed by atoms with van der Waals surface area (Å²) >= 11 is 0. The fraction of sp³-hybridized carbons (Fsp3) is 0.571. The molecule has 0 bridgehead atoms. The van der Waals surface area contributed by atoms with Gasteiger partial charge >= 0.3 is 0 Å². The second-order valence-electron chi connectivity index (χ2n) is 4.36. The molecule has 2 nitrogen and oxygen atoms in total. The molecule has 1 aromatic carbocycles. The molecular weight excluding hydrogens is 196 g/mol. The number of nitrogens with zero attached hydrogens (tertiary/aromatic N) is 1. The molecule has 0 fully saturated rings. The number of hydrogen-bond donors (Lipinski definition) is 1. The van der Waals surface area contributed by atoms with Crippen molar-refractivity contribution in [2.75, 3.05) is 27.2 Å². The van der Waals surface area contributed by atoms with Crippen molar-refractivity contribution >= 4 is 0 Å². The van der Waals surface area contributed by atoms with E-state index in [1.165, 1.54) is 17.5 Å². The number of aryl methyl sites for hydroxylation is 1. The van der Waals surface area contributed by atoms with Crippen LogP contribution in [0.5, 0.6) is 0 Å². The van der Waals surface area contributed by atoms with E-state index < -0.39 is 0 Å². The molecule has 0 spiro atoms. The SMILES string of the molecule is CCc1ccc(CN(C)CCCNC)cc1. The molecule has 1 N–H and O–H groups in total. The quantitative estimate of drug-likeness (QED) is 0.709. The minimum atomic E-state index is 1.05. The van der Waals surface area contributed by atoms with E-state index in [0.717, 1.165) is 26.1 Å². The molecule has 0 aliphatic heterocycles. The van der Waals surface area contributed by atoms with Gasteiger partial charge in [-0.05, 0) is 51.2 Å². The summed E-state index contributed by atoms with van der Waals surface area (Å²) in [5.74, 6) is 0. The maximum absolute atomic E-state index is 3.18. The Balaban J connectivity index is 2.34. The van der Waals surface area contributed by atoms with Gasteiger partial charge in [0.15, 0.2) is 0 Å². The van der Waals surface area contributed by atoms with Crippen LogP contribution in [0.15, 0.2) is 24.3 Å². The molecule has 0 atom stereocenters. The second kappa shape index (κ2) is 7.42. The first-order valence-corrected chi connectivity index (χ1v) is 6.17. The van der Waals surface area contributed by atoms with E-state index >= 15 is 0 Å². The summed E-state index contributed by atoms with van der Waals surface area (Å²) in [7, 11) is 4.19. The minimum absolute atomic E-state index is 1.05. The lowest BCUT2D eigenvalue weighted by molar-refractivity contribution is 0.321. The largest absolute Gasteiger partial charge is 0.320 e. The zero-order chi connectivity index (χ0) is 11.8. The molecule has 0 amide bonds. The topological polar surface area (TPSA) is 15.3 Å². The predicted octanol–water partition coefficient (Wildman–Crippen LogP) is 2.29. The van der Waals surface area contributed by atoms with Crippen LogP contribution in [-0.2, 0) is 13.0 Å². The highest BCUT2D eigenvalue weighted by molar-refractivity contribution is 5.22. The summed E-state index contributed by atoms with van der Waals surface area (Å²) in [6.07, 6.45) is 2.33. The van der Waals surface area contributed by atoms with Gasteiger partial charge in [-0.2, -0.15) is 0 Å². The van der Waals surface area contributed by atoms with Crippen molar-refractivity contribution in [3.8, 4) is 0 Å². The highest BCUT2D eigenvalue weighted by Crippen LogP contribution is 2.07. The maximum Gasteiger partial charge on any atom is 0.0230 e. The van der Waals surface area contributed by atoms with Crippen LogP contribution in [0.3, 0.4) is 0 Å². The number of hydrogen-bond acceptors (Lipinski definition) is 2. The molecule has 16 heavy (non-hydrogen) atoms. The van der Waals surface area contributed by atoms with Gasteiger partial charge in [0.05, 0.1) is 0 Å². The molecule has 0 unspecified atom stereocenters. The van der Waals surface area contributed by atoms with Crippen molar-refractivity contribution in [2.45, 2.75) is 26.3 Å². The molecular formula is C14H24N2. The Hall–Kier alpha value is -0.860. The Morgan fingerprint density at radius 1 is 1.12 bits per heavy atom. The first-order valence-electron chi connectivity index (χ1n) is 6.17. The van der Waals surface area contributed by atoms with Gasteiger partial charge in [-0.15, -0.1) is 0 Å². The van der Waals surface area contributed by atoms with Crippen LogP contribution in [0.1, 0.15) is 24.5 Å². The van der Waals surface area contributed by atoms with E-state index in [0.29, 0.717) is 0 Å². The fourth-order valence-corrected chi connectivity index (χ4v) is 1.80. The van der Waals surface area contributed by atoms with Crippen molar-refractivity contribution in [1.29, 1.82) is 0 Å². The Morgan fingerprint density at radius 3 is 2.31 bits per heavy atom. The zero-order valence-corrected chi connectivity index (χ0v) is 10.8. The summed E-state index contributed by atoms with van der Waals surface area (Å²) in [5.41, 5.74) is 2.82. The Morgan fingerprint density at radius 2 is 1.75 bits per heavy atom. The molecule has 0 saturated carbocycles. The third-order valence-electron chi connectivity index (χ3n) is 2.85. The smallest absolute Gasteiger partial charge is 0.0230 e. The lowest BCUT2D eigenvalue weighted by Crippen LogP contribution is -2.22. The van der Waals surface area contributed by atoms with E-state index in [9.17, 15) is 0 Å². The first-order chi connectivity index (χ1) is 7.76. The Kier molecular flexibility index (Phi) is 6.12. The van der Waals surface area contributed by atoms with Crippen molar-refractivity contribution in [3.05, 3.63) is 35.4 Å². The molecule has 1 aromatic rings. The van der Waals surface area contributed by atoms with Crippen molar-refractivity contribution in [2.24, 2.45) is 0 Å². The highest BCUT2D eigenvalue weighted by atomic mass is 15.1. The molecule has 90 valence electrons. The van der Waals surface area contributed by atoms with E-state index in [2.05, 4.69) is 48.5 Å². The van der Waals surface area contributed by atoms with Gasteiger partial charge in [-0.3, -0.25) is 0 Å². The first kappa shape index (κ1) is 13.2. The third-order valence-corrected chi connectivity index (χ3v) is 2.85. The van der Waals surface area contributed by atoms with Gasteiger partial charge in [-0.1, -0.05) is 31.2 Å². The van der Waals surface area contributed by atoms with Crippen molar-refractivity contribution in [3.63, 3.8) is 0 Å². The molecule has 0 aliphatic carbocycles. The maximum atomic E-state index is 3.18. The van der Waals surface area contributed by atoms with Crippen LogP contribution in [0.25, 0.3) is 0 Å². The zero-order valence-electron chi connectivity index (χ0n) is 10.8.